The van der Waals surface area contributed by atoms with Crippen LogP contribution in [-0.4, -0.2) is 22.7 Å². The molecule has 94 valence electrons. The van der Waals surface area contributed by atoms with E-state index in [0.717, 1.165) is 17.7 Å². The van der Waals surface area contributed by atoms with Crippen molar-refractivity contribution in [1.29, 1.82) is 0 Å². The molecule has 0 saturated heterocycles. The molecule has 1 aromatic heterocycles. The van der Waals surface area contributed by atoms with E-state index in [1.54, 1.807) is 0 Å². The molecule has 2 aromatic rings. The Balaban J connectivity index is 1.90. The van der Waals surface area contributed by atoms with E-state index >= 15 is 0 Å². The fraction of sp³-hybridized carbons (Fsp3) is 0.231. The molecule has 0 spiro atoms. The highest BCUT2D eigenvalue weighted by Crippen LogP contribution is 2.13. The van der Waals surface area contributed by atoms with Crippen molar-refractivity contribution < 1.29 is 19.1 Å². The minimum atomic E-state index is -1.09. The maximum atomic E-state index is 10.8. The summed E-state index contributed by atoms with van der Waals surface area (Å²) in [6.45, 7) is 2.34. The number of rotatable bonds is 5. The largest absolute Gasteiger partial charge is 0.493 e. The first-order valence-electron chi connectivity index (χ1n) is 5.52. The Morgan fingerprint density at radius 1 is 1.39 bits per heavy atom. The quantitative estimate of drug-likeness (QED) is 0.877. The predicted octanol–water partition coefficient (Wildman–Crippen LogP) is 2.30. The molecule has 0 unspecified atom stereocenters. The standard InChI is InChI=1S/C13H13NO4/c1-9-2-4-10(5-3-9)17-7-6-11-12(13(15)16)14-8-18-11/h2-5,8H,6-7H2,1H3,(H,15,16). The van der Waals surface area contributed by atoms with Gasteiger partial charge in [-0.1, -0.05) is 17.7 Å². The van der Waals surface area contributed by atoms with Crippen molar-refractivity contribution in [3.05, 3.63) is 47.7 Å². The van der Waals surface area contributed by atoms with E-state index in [-0.39, 0.29) is 5.69 Å². The van der Waals surface area contributed by atoms with Gasteiger partial charge >= 0.3 is 5.97 Å². The van der Waals surface area contributed by atoms with Crippen molar-refractivity contribution in [3.8, 4) is 5.75 Å². The van der Waals surface area contributed by atoms with Gasteiger partial charge in [0.05, 0.1) is 6.61 Å². The van der Waals surface area contributed by atoms with E-state index in [2.05, 4.69) is 4.98 Å². The van der Waals surface area contributed by atoms with Crippen molar-refractivity contribution in [2.75, 3.05) is 6.61 Å². The zero-order valence-electron chi connectivity index (χ0n) is 9.92. The molecule has 1 aromatic carbocycles. The molecule has 1 N–H and O–H groups in total. The minimum Gasteiger partial charge on any atom is -0.493 e. The minimum absolute atomic E-state index is 0.0532. The number of hydrogen-bond acceptors (Lipinski definition) is 4. The maximum absolute atomic E-state index is 10.8. The SMILES string of the molecule is Cc1ccc(OCCc2ocnc2C(=O)O)cc1. The van der Waals surface area contributed by atoms with Gasteiger partial charge in [0, 0.05) is 6.42 Å². The normalized spacial score (nSPS) is 10.3. The average molecular weight is 247 g/mol. The van der Waals surface area contributed by atoms with Gasteiger partial charge in [-0.15, -0.1) is 0 Å². The van der Waals surface area contributed by atoms with Crippen LogP contribution in [0, 0.1) is 6.92 Å². The number of carboxylic acid groups (broad SMARTS) is 1. The lowest BCUT2D eigenvalue weighted by Gasteiger charge is -2.05. The van der Waals surface area contributed by atoms with E-state index < -0.39 is 5.97 Å². The van der Waals surface area contributed by atoms with Crippen LogP contribution in [-0.2, 0) is 6.42 Å². The van der Waals surface area contributed by atoms with Crippen LogP contribution >= 0.6 is 0 Å². The summed E-state index contributed by atoms with van der Waals surface area (Å²) in [6, 6.07) is 7.64. The molecule has 0 amide bonds. The molecule has 0 aliphatic carbocycles. The predicted molar refractivity (Wildman–Crippen MR) is 63.8 cm³/mol. The van der Waals surface area contributed by atoms with Crippen LogP contribution in [0.2, 0.25) is 0 Å². The first-order chi connectivity index (χ1) is 8.66. The zero-order chi connectivity index (χ0) is 13.0. The van der Waals surface area contributed by atoms with Crippen molar-refractivity contribution in [3.63, 3.8) is 0 Å². The molecule has 0 saturated carbocycles. The number of carbonyl (C=O) groups is 1. The number of carboxylic acids is 1. The topological polar surface area (TPSA) is 72.6 Å². The lowest BCUT2D eigenvalue weighted by Crippen LogP contribution is -2.06. The van der Waals surface area contributed by atoms with Gasteiger partial charge in [0.25, 0.3) is 0 Å². The van der Waals surface area contributed by atoms with E-state index in [0.29, 0.717) is 18.8 Å². The van der Waals surface area contributed by atoms with Crippen LogP contribution < -0.4 is 4.74 Å². The fourth-order valence-electron chi connectivity index (χ4n) is 1.52. The second-order valence-corrected chi connectivity index (χ2v) is 3.84. The van der Waals surface area contributed by atoms with Gasteiger partial charge in [-0.3, -0.25) is 0 Å². The second kappa shape index (κ2) is 5.35. The smallest absolute Gasteiger partial charge is 0.358 e. The van der Waals surface area contributed by atoms with Gasteiger partial charge in [-0.05, 0) is 19.1 Å². The number of aryl methyl sites for hydroxylation is 1. The summed E-state index contributed by atoms with van der Waals surface area (Å²) in [5.74, 6) is -0.0133. The lowest BCUT2D eigenvalue weighted by molar-refractivity contribution is 0.0688. The highest BCUT2D eigenvalue weighted by Gasteiger charge is 2.14. The van der Waals surface area contributed by atoms with Crippen molar-refractivity contribution in [1.82, 2.24) is 4.98 Å². The van der Waals surface area contributed by atoms with Crippen molar-refractivity contribution in [2.45, 2.75) is 13.3 Å². The number of hydrogen-bond donors (Lipinski definition) is 1. The first kappa shape index (κ1) is 12.2. The van der Waals surface area contributed by atoms with Crippen LogP contribution in [0.25, 0.3) is 0 Å². The summed E-state index contributed by atoms with van der Waals surface area (Å²) in [6.07, 6.45) is 1.50. The van der Waals surface area contributed by atoms with E-state index in [1.165, 1.54) is 0 Å². The highest BCUT2D eigenvalue weighted by molar-refractivity contribution is 5.86. The highest BCUT2D eigenvalue weighted by atomic mass is 16.5. The van der Waals surface area contributed by atoms with Crippen LogP contribution in [0.1, 0.15) is 21.8 Å². The molecular weight excluding hydrogens is 234 g/mol. The van der Waals surface area contributed by atoms with Crippen LogP contribution in [0.15, 0.2) is 35.1 Å². The Bertz CT molecular complexity index is 530. The third kappa shape index (κ3) is 2.88. The zero-order valence-corrected chi connectivity index (χ0v) is 9.92. The number of aromatic nitrogens is 1. The number of benzene rings is 1. The maximum Gasteiger partial charge on any atom is 0.358 e. The molecule has 2 rings (SSSR count). The molecule has 18 heavy (non-hydrogen) atoms. The van der Waals surface area contributed by atoms with Gasteiger partial charge in [-0.25, -0.2) is 9.78 Å². The fourth-order valence-corrected chi connectivity index (χ4v) is 1.52. The Hall–Kier alpha value is -2.30. The van der Waals surface area contributed by atoms with Gasteiger partial charge in [0.2, 0.25) is 0 Å². The molecule has 0 atom stereocenters. The van der Waals surface area contributed by atoms with Crippen LogP contribution in [0.3, 0.4) is 0 Å². The molecule has 0 aliphatic rings. The van der Waals surface area contributed by atoms with Crippen LogP contribution in [0.4, 0.5) is 0 Å². The summed E-state index contributed by atoms with van der Waals surface area (Å²) < 4.78 is 10.5. The number of aromatic carboxylic acids is 1. The third-order valence-corrected chi connectivity index (χ3v) is 2.46. The summed E-state index contributed by atoms with van der Waals surface area (Å²) in [4.78, 5) is 14.4. The monoisotopic (exact) mass is 247 g/mol. The summed E-state index contributed by atoms with van der Waals surface area (Å²) in [5, 5.41) is 8.84. The van der Waals surface area contributed by atoms with Gasteiger partial charge < -0.3 is 14.3 Å². The Labute approximate surface area is 104 Å². The Morgan fingerprint density at radius 2 is 2.11 bits per heavy atom. The number of nitrogens with zero attached hydrogens (tertiary/aromatic N) is 1. The Kier molecular flexibility index (Phi) is 3.62. The molecule has 0 radical (unpaired) electrons. The molecule has 0 aliphatic heterocycles. The van der Waals surface area contributed by atoms with Gasteiger partial charge in [-0.2, -0.15) is 0 Å². The molecular formula is C13H13NO4. The molecule has 0 fully saturated rings. The van der Waals surface area contributed by atoms with E-state index in [9.17, 15) is 4.79 Å². The Morgan fingerprint density at radius 3 is 2.78 bits per heavy atom. The van der Waals surface area contributed by atoms with Gasteiger partial charge in [0.15, 0.2) is 12.1 Å². The first-order valence-corrected chi connectivity index (χ1v) is 5.52. The molecule has 1 heterocycles. The summed E-state index contributed by atoms with van der Waals surface area (Å²) in [7, 11) is 0. The van der Waals surface area contributed by atoms with E-state index in [4.69, 9.17) is 14.3 Å². The van der Waals surface area contributed by atoms with Crippen LogP contribution in [0.5, 0.6) is 5.75 Å². The molecule has 5 nitrogen and oxygen atoms in total. The summed E-state index contributed by atoms with van der Waals surface area (Å²) >= 11 is 0. The number of oxazole rings is 1. The van der Waals surface area contributed by atoms with Crippen molar-refractivity contribution >= 4 is 5.97 Å². The van der Waals surface area contributed by atoms with Gasteiger partial charge in [0.1, 0.15) is 11.5 Å². The molecule has 0 bridgehead atoms. The molecule has 5 heteroatoms. The third-order valence-electron chi connectivity index (χ3n) is 2.46. The lowest BCUT2D eigenvalue weighted by atomic mass is 10.2. The second-order valence-electron chi connectivity index (χ2n) is 3.84. The summed E-state index contributed by atoms with van der Waals surface area (Å²) in [5.41, 5.74) is 1.10. The van der Waals surface area contributed by atoms with E-state index in [1.807, 2.05) is 31.2 Å². The average Bonchev–Trinajstić information content (AvgIpc) is 2.80. The number of ether oxygens (including phenoxy) is 1. The van der Waals surface area contributed by atoms with Crippen molar-refractivity contribution in [2.24, 2.45) is 0 Å².